The number of nitrogens with zero attached hydrogens (tertiary/aromatic N) is 3. The van der Waals surface area contributed by atoms with Crippen LogP contribution in [0.3, 0.4) is 0 Å². The Hall–Kier alpha value is -2.75. The SMILES string of the molecule is COc1nc(C)cnc1NS(=O)(=O)c1cccnc1C(=O)OCC(C)C. The molecule has 10 heteroatoms. The van der Waals surface area contributed by atoms with Crippen molar-refractivity contribution in [2.75, 3.05) is 18.4 Å². The van der Waals surface area contributed by atoms with Crippen LogP contribution < -0.4 is 9.46 Å². The largest absolute Gasteiger partial charge is 0.478 e. The van der Waals surface area contributed by atoms with Gasteiger partial charge >= 0.3 is 5.97 Å². The molecule has 140 valence electrons. The molecule has 26 heavy (non-hydrogen) atoms. The Morgan fingerprint density at radius 1 is 1.31 bits per heavy atom. The number of hydrogen-bond donors (Lipinski definition) is 1. The van der Waals surface area contributed by atoms with Crippen molar-refractivity contribution in [3.63, 3.8) is 0 Å². The highest BCUT2D eigenvalue weighted by atomic mass is 32.2. The Kier molecular flexibility index (Phi) is 6.09. The topological polar surface area (TPSA) is 120 Å². The molecular formula is C16H20N4O5S. The first-order valence-corrected chi connectivity index (χ1v) is 9.25. The first-order valence-electron chi connectivity index (χ1n) is 7.77. The van der Waals surface area contributed by atoms with Crippen molar-refractivity contribution in [3.8, 4) is 5.88 Å². The molecule has 0 aliphatic heterocycles. The zero-order chi connectivity index (χ0) is 19.3. The van der Waals surface area contributed by atoms with Crippen LogP contribution in [0.2, 0.25) is 0 Å². The number of aromatic nitrogens is 3. The van der Waals surface area contributed by atoms with Gasteiger partial charge in [0.2, 0.25) is 5.82 Å². The monoisotopic (exact) mass is 380 g/mol. The van der Waals surface area contributed by atoms with Crippen molar-refractivity contribution < 1.29 is 22.7 Å². The van der Waals surface area contributed by atoms with Gasteiger partial charge in [-0.15, -0.1) is 0 Å². The van der Waals surface area contributed by atoms with Gasteiger partial charge in [-0.3, -0.25) is 4.72 Å². The number of nitrogens with one attached hydrogen (secondary N) is 1. The lowest BCUT2D eigenvalue weighted by atomic mass is 10.2. The summed E-state index contributed by atoms with van der Waals surface area (Å²) in [6, 6.07) is 2.67. The molecular weight excluding hydrogens is 360 g/mol. The minimum atomic E-state index is -4.17. The molecule has 0 spiro atoms. The molecule has 0 aliphatic rings. The van der Waals surface area contributed by atoms with Gasteiger partial charge in [0.1, 0.15) is 4.90 Å². The fourth-order valence-electron chi connectivity index (χ4n) is 1.92. The number of carbonyl (C=O) groups excluding carboxylic acids is 1. The van der Waals surface area contributed by atoms with Gasteiger partial charge in [-0.05, 0) is 25.0 Å². The van der Waals surface area contributed by atoms with Gasteiger partial charge in [-0.25, -0.2) is 28.2 Å². The number of methoxy groups -OCH3 is 1. The molecule has 2 aromatic rings. The van der Waals surface area contributed by atoms with Crippen LogP contribution in [0.25, 0.3) is 0 Å². The Balaban J connectivity index is 2.37. The van der Waals surface area contributed by atoms with Crippen molar-refractivity contribution in [1.82, 2.24) is 15.0 Å². The van der Waals surface area contributed by atoms with Crippen LogP contribution >= 0.6 is 0 Å². The van der Waals surface area contributed by atoms with Gasteiger partial charge in [0.15, 0.2) is 5.69 Å². The molecule has 0 atom stereocenters. The number of anilines is 1. The highest BCUT2D eigenvalue weighted by molar-refractivity contribution is 7.92. The van der Waals surface area contributed by atoms with E-state index in [9.17, 15) is 13.2 Å². The second-order valence-electron chi connectivity index (χ2n) is 5.82. The molecule has 2 heterocycles. The van der Waals surface area contributed by atoms with E-state index < -0.39 is 16.0 Å². The average Bonchev–Trinajstić information content (AvgIpc) is 2.61. The van der Waals surface area contributed by atoms with E-state index in [2.05, 4.69) is 19.7 Å². The third-order valence-electron chi connectivity index (χ3n) is 3.09. The molecule has 0 bridgehead atoms. The Morgan fingerprint density at radius 2 is 2.04 bits per heavy atom. The predicted molar refractivity (Wildman–Crippen MR) is 93.5 cm³/mol. The second-order valence-corrected chi connectivity index (χ2v) is 7.47. The summed E-state index contributed by atoms with van der Waals surface area (Å²) in [5, 5.41) is 0. The lowest BCUT2D eigenvalue weighted by molar-refractivity contribution is 0.0447. The predicted octanol–water partition coefficient (Wildman–Crippen LogP) is 1.80. The molecule has 0 aromatic carbocycles. The Morgan fingerprint density at radius 3 is 2.69 bits per heavy atom. The minimum absolute atomic E-state index is 0.0152. The summed E-state index contributed by atoms with van der Waals surface area (Å²) >= 11 is 0. The van der Waals surface area contributed by atoms with Crippen molar-refractivity contribution in [2.45, 2.75) is 25.7 Å². The van der Waals surface area contributed by atoms with E-state index in [-0.39, 0.29) is 34.8 Å². The van der Waals surface area contributed by atoms with E-state index >= 15 is 0 Å². The highest BCUT2D eigenvalue weighted by Crippen LogP contribution is 2.23. The molecule has 2 aromatic heterocycles. The summed E-state index contributed by atoms with van der Waals surface area (Å²) in [5.41, 5.74) is 0.254. The smallest absolute Gasteiger partial charge is 0.358 e. The summed E-state index contributed by atoms with van der Waals surface area (Å²) < 4.78 is 37.9. The van der Waals surface area contributed by atoms with Gasteiger partial charge in [-0.1, -0.05) is 13.8 Å². The lowest BCUT2D eigenvalue weighted by Crippen LogP contribution is -2.21. The van der Waals surface area contributed by atoms with E-state index in [1.807, 2.05) is 13.8 Å². The van der Waals surface area contributed by atoms with Gasteiger partial charge in [0.25, 0.3) is 15.9 Å². The normalized spacial score (nSPS) is 11.3. The number of carbonyl (C=O) groups is 1. The van der Waals surface area contributed by atoms with Crippen LogP contribution in [0.5, 0.6) is 5.88 Å². The number of esters is 1. The van der Waals surface area contributed by atoms with Crippen LogP contribution in [-0.2, 0) is 14.8 Å². The fourth-order valence-corrected chi connectivity index (χ4v) is 3.07. The number of sulfonamides is 1. The molecule has 2 rings (SSSR count). The summed E-state index contributed by atoms with van der Waals surface area (Å²) in [4.78, 5) is 23.8. The summed E-state index contributed by atoms with van der Waals surface area (Å²) in [6.07, 6.45) is 2.71. The fraction of sp³-hybridized carbons (Fsp3) is 0.375. The number of hydrogen-bond acceptors (Lipinski definition) is 8. The Bertz CT molecular complexity index is 899. The van der Waals surface area contributed by atoms with Crippen LogP contribution in [0.1, 0.15) is 30.0 Å². The van der Waals surface area contributed by atoms with Crippen molar-refractivity contribution >= 4 is 21.8 Å². The molecule has 0 saturated heterocycles. The standard InChI is InChI=1S/C16H20N4O5S/c1-10(2)9-25-16(21)13-12(6-5-7-17-13)26(22,23)20-14-15(24-4)19-11(3)8-18-14/h5-8,10H,9H2,1-4H3,(H,18,20). The lowest BCUT2D eigenvalue weighted by Gasteiger charge is -2.13. The highest BCUT2D eigenvalue weighted by Gasteiger charge is 2.26. The molecule has 0 saturated carbocycles. The van der Waals surface area contributed by atoms with E-state index in [0.717, 1.165) is 0 Å². The van der Waals surface area contributed by atoms with Gasteiger partial charge < -0.3 is 9.47 Å². The van der Waals surface area contributed by atoms with E-state index in [1.54, 1.807) is 6.92 Å². The third kappa shape index (κ3) is 4.66. The number of pyridine rings is 1. The molecule has 1 N–H and O–H groups in total. The number of aryl methyl sites for hydroxylation is 1. The molecule has 9 nitrogen and oxygen atoms in total. The van der Waals surface area contributed by atoms with Crippen LogP contribution in [0.4, 0.5) is 5.82 Å². The van der Waals surface area contributed by atoms with Crippen molar-refractivity contribution in [3.05, 3.63) is 35.9 Å². The van der Waals surface area contributed by atoms with Crippen molar-refractivity contribution in [2.24, 2.45) is 5.92 Å². The van der Waals surface area contributed by atoms with Crippen LogP contribution in [0, 0.1) is 12.8 Å². The maximum atomic E-state index is 12.7. The van der Waals surface area contributed by atoms with Crippen molar-refractivity contribution in [1.29, 1.82) is 0 Å². The van der Waals surface area contributed by atoms with Crippen LogP contribution in [-0.4, -0.2) is 43.1 Å². The molecule has 0 radical (unpaired) electrons. The zero-order valence-electron chi connectivity index (χ0n) is 14.9. The molecule has 0 amide bonds. The first kappa shape index (κ1) is 19.6. The second kappa shape index (κ2) is 8.09. The summed E-state index contributed by atoms with van der Waals surface area (Å²) in [7, 11) is -2.82. The third-order valence-corrected chi connectivity index (χ3v) is 4.46. The minimum Gasteiger partial charge on any atom is -0.478 e. The van der Waals surface area contributed by atoms with Gasteiger partial charge in [-0.2, -0.15) is 0 Å². The maximum absolute atomic E-state index is 12.7. The summed E-state index contributed by atoms with van der Waals surface area (Å²) in [5.74, 6) is -0.792. The first-order chi connectivity index (χ1) is 12.2. The summed E-state index contributed by atoms with van der Waals surface area (Å²) in [6.45, 7) is 5.58. The molecule has 0 unspecified atom stereocenters. The van der Waals surface area contributed by atoms with E-state index in [0.29, 0.717) is 5.69 Å². The molecule has 0 fully saturated rings. The van der Waals surface area contributed by atoms with E-state index in [4.69, 9.17) is 9.47 Å². The van der Waals surface area contributed by atoms with Gasteiger partial charge in [0.05, 0.1) is 25.6 Å². The molecule has 0 aliphatic carbocycles. The van der Waals surface area contributed by atoms with Crippen LogP contribution in [0.15, 0.2) is 29.4 Å². The van der Waals surface area contributed by atoms with Gasteiger partial charge in [0, 0.05) is 6.20 Å². The zero-order valence-corrected chi connectivity index (χ0v) is 15.7. The number of rotatable bonds is 7. The average molecular weight is 380 g/mol. The Labute approximate surface area is 151 Å². The number of ether oxygens (including phenoxy) is 2. The van der Waals surface area contributed by atoms with E-state index in [1.165, 1.54) is 31.6 Å². The maximum Gasteiger partial charge on any atom is 0.358 e. The quantitative estimate of drug-likeness (QED) is 0.722.